The van der Waals surface area contributed by atoms with Gasteiger partial charge in [0.2, 0.25) is 17.7 Å². The normalized spacial score (nSPS) is 18.9. The Hall–Kier alpha value is -1.04. The lowest BCUT2D eigenvalue weighted by molar-refractivity contribution is -0.140. The standard InChI is InChI=1S/C14H24N2O3S.C2H6/c1-13(2,7-14(3,4)12(19)15-5)8-16-10(17)6-9(20)11(16)18;1-2/h9,20H,6-8H2,1-5H3,(H,15,19);1-2H3. The molecule has 22 heavy (non-hydrogen) atoms. The molecule has 0 aliphatic carbocycles. The number of carbonyl (C=O) groups is 3. The molecule has 1 N–H and O–H groups in total. The number of likely N-dealkylation sites (tertiary alicyclic amines) is 1. The maximum atomic E-state index is 11.9. The van der Waals surface area contributed by atoms with Gasteiger partial charge in [0.1, 0.15) is 0 Å². The molecule has 1 atom stereocenters. The highest BCUT2D eigenvalue weighted by Crippen LogP contribution is 2.35. The summed E-state index contributed by atoms with van der Waals surface area (Å²) in [5.74, 6) is -0.457. The van der Waals surface area contributed by atoms with Crippen LogP contribution in [-0.4, -0.2) is 41.5 Å². The molecule has 0 bridgehead atoms. The zero-order valence-electron chi connectivity index (χ0n) is 14.8. The van der Waals surface area contributed by atoms with E-state index >= 15 is 0 Å². The van der Waals surface area contributed by atoms with E-state index in [0.29, 0.717) is 13.0 Å². The molecule has 0 aromatic carbocycles. The van der Waals surface area contributed by atoms with Crippen LogP contribution in [0.5, 0.6) is 0 Å². The van der Waals surface area contributed by atoms with Crippen LogP contribution in [0.25, 0.3) is 0 Å². The average Bonchev–Trinajstić information content (AvgIpc) is 2.65. The molecule has 0 aromatic rings. The Morgan fingerprint density at radius 1 is 1.27 bits per heavy atom. The number of amides is 3. The number of nitrogens with zero attached hydrogens (tertiary/aromatic N) is 1. The van der Waals surface area contributed by atoms with E-state index in [1.807, 2.05) is 41.5 Å². The third kappa shape index (κ3) is 5.30. The molecule has 128 valence electrons. The van der Waals surface area contributed by atoms with Crippen molar-refractivity contribution in [3.8, 4) is 0 Å². The number of hydrogen-bond donors (Lipinski definition) is 2. The average molecular weight is 330 g/mol. The van der Waals surface area contributed by atoms with Gasteiger partial charge in [0.25, 0.3) is 0 Å². The fraction of sp³-hybridized carbons (Fsp3) is 0.812. The lowest BCUT2D eigenvalue weighted by atomic mass is 9.74. The van der Waals surface area contributed by atoms with Crippen LogP contribution in [0.1, 0.15) is 54.4 Å². The van der Waals surface area contributed by atoms with Crippen molar-refractivity contribution < 1.29 is 14.4 Å². The van der Waals surface area contributed by atoms with Crippen molar-refractivity contribution in [2.24, 2.45) is 10.8 Å². The minimum absolute atomic E-state index is 0.0447. The van der Waals surface area contributed by atoms with E-state index in [4.69, 9.17) is 0 Å². The second-order valence-electron chi connectivity index (χ2n) is 6.84. The topological polar surface area (TPSA) is 66.5 Å². The van der Waals surface area contributed by atoms with Gasteiger partial charge in [-0.05, 0) is 11.8 Å². The third-order valence-corrected chi connectivity index (χ3v) is 3.97. The Morgan fingerprint density at radius 2 is 1.77 bits per heavy atom. The zero-order chi connectivity index (χ0) is 17.7. The maximum Gasteiger partial charge on any atom is 0.242 e. The first kappa shape index (κ1) is 21.0. The molecule has 0 spiro atoms. The van der Waals surface area contributed by atoms with Crippen molar-refractivity contribution in [3.05, 3.63) is 0 Å². The Labute approximate surface area is 139 Å². The molecule has 0 aromatic heterocycles. The van der Waals surface area contributed by atoms with Crippen molar-refractivity contribution in [1.82, 2.24) is 10.2 Å². The number of rotatable bonds is 5. The molecule has 6 heteroatoms. The van der Waals surface area contributed by atoms with Gasteiger partial charge in [-0.2, -0.15) is 12.6 Å². The van der Waals surface area contributed by atoms with E-state index in [1.54, 1.807) is 7.05 Å². The van der Waals surface area contributed by atoms with Gasteiger partial charge in [-0.3, -0.25) is 19.3 Å². The summed E-state index contributed by atoms with van der Waals surface area (Å²) in [7, 11) is 1.61. The van der Waals surface area contributed by atoms with Crippen LogP contribution in [0.4, 0.5) is 0 Å². The zero-order valence-corrected chi connectivity index (χ0v) is 15.7. The van der Waals surface area contributed by atoms with Gasteiger partial charge in [0, 0.05) is 25.4 Å². The molecule has 0 saturated carbocycles. The number of nitrogens with one attached hydrogen (secondary N) is 1. The van der Waals surface area contributed by atoms with Crippen LogP contribution in [0.3, 0.4) is 0 Å². The first-order chi connectivity index (χ1) is 10.00. The Balaban J connectivity index is 0.00000211. The smallest absolute Gasteiger partial charge is 0.242 e. The molecule has 1 aliphatic heterocycles. The second kappa shape index (κ2) is 7.99. The van der Waals surface area contributed by atoms with E-state index in [0.717, 1.165) is 0 Å². The van der Waals surface area contributed by atoms with Crippen LogP contribution in [0.15, 0.2) is 0 Å². The van der Waals surface area contributed by atoms with Crippen molar-refractivity contribution in [3.63, 3.8) is 0 Å². The van der Waals surface area contributed by atoms with Crippen molar-refractivity contribution >= 4 is 30.4 Å². The van der Waals surface area contributed by atoms with Crippen molar-refractivity contribution in [1.29, 1.82) is 0 Å². The molecule has 1 saturated heterocycles. The van der Waals surface area contributed by atoms with E-state index in [9.17, 15) is 14.4 Å². The summed E-state index contributed by atoms with van der Waals surface area (Å²) in [5, 5.41) is 2.12. The number of thiol groups is 1. The van der Waals surface area contributed by atoms with Crippen LogP contribution in [-0.2, 0) is 14.4 Å². The molecule has 1 fully saturated rings. The monoisotopic (exact) mass is 330 g/mol. The lowest BCUT2D eigenvalue weighted by Crippen LogP contribution is -2.44. The lowest BCUT2D eigenvalue weighted by Gasteiger charge is -2.35. The van der Waals surface area contributed by atoms with Crippen molar-refractivity contribution in [2.45, 2.75) is 59.6 Å². The van der Waals surface area contributed by atoms with Gasteiger partial charge >= 0.3 is 0 Å². The number of carbonyl (C=O) groups excluding carboxylic acids is 3. The van der Waals surface area contributed by atoms with Gasteiger partial charge < -0.3 is 5.32 Å². The highest BCUT2D eigenvalue weighted by molar-refractivity contribution is 7.81. The first-order valence-corrected chi connectivity index (χ1v) is 8.26. The minimum Gasteiger partial charge on any atom is -0.359 e. The fourth-order valence-electron chi connectivity index (χ4n) is 2.93. The van der Waals surface area contributed by atoms with Crippen LogP contribution in [0, 0.1) is 10.8 Å². The minimum atomic E-state index is -0.551. The molecular weight excluding hydrogens is 300 g/mol. The highest BCUT2D eigenvalue weighted by atomic mass is 32.1. The summed E-state index contributed by atoms with van der Waals surface area (Å²) in [6.07, 6.45) is 0.741. The molecule has 1 aliphatic rings. The van der Waals surface area contributed by atoms with Crippen LogP contribution < -0.4 is 5.32 Å². The molecular formula is C16H30N2O3S. The Kier molecular flexibility index (Phi) is 7.62. The highest BCUT2D eigenvalue weighted by Gasteiger charge is 2.41. The maximum absolute atomic E-state index is 11.9. The largest absolute Gasteiger partial charge is 0.359 e. The summed E-state index contributed by atoms with van der Waals surface area (Å²) >= 11 is 4.11. The summed E-state index contributed by atoms with van der Waals surface area (Å²) in [6.45, 7) is 12.0. The van der Waals surface area contributed by atoms with Gasteiger partial charge in [-0.25, -0.2) is 0 Å². The molecule has 1 unspecified atom stereocenters. The second-order valence-corrected chi connectivity index (χ2v) is 7.47. The van der Waals surface area contributed by atoms with Crippen LogP contribution >= 0.6 is 12.6 Å². The fourth-order valence-corrected chi connectivity index (χ4v) is 3.23. The molecule has 1 rings (SSSR count). The van der Waals surface area contributed by atoms with E-state index in [-0.39, 0.29) is 29.6 Å². The summed E-state index contributed by atoms with van der Waals surface area (Å²) < 4.78 is 0. The number of imide groups is 1. The van der Waals surface area contributed by atoms with E-state index < -0.39 is 10.7 Å². The van der Waals surface area contributed by atoms with Crippen molar-refractivity contribution in [2.75, 3.05) is 13.6 Å². The summed E-state index contributed by atoms with van der Waals surface area (Å²) in [5.41, 5.74) is -0.885. The van der Waals surface area contributed by atoms with Gasteiger partial charge in [0.05, 0.1) is 5.25 Å². The predicted molar refractivity (Wildman–Crippen MR) is 91.7 cm³/mol. The molecule has 1 heterocycles. The SMILES string of the molecule is CC.CNC(=O)C(C)(C)CC(C)(C)CN1C(=O)CC(S)C1=O. The Bertz CT molecular complexity index is 433. The molecule has 0 radical (unpaired) electrons. The quantitative estimate of drug-likeness (QED) is 0.600. The third-order valence-electron chi connectivity index (χ3n) is 3.57. The van der Waals surface area contributed by atoms with Gasteiger partial charge in [-0.1, -0.05) is 41.5 Å². The summed E-state index contributed by atoms with van der Waals surface area (Å²) in [4.78, 5) is 36.8. The van der Waals surface area contributed by atoms with Gasteiger partial charge in [-0.15, -0.1) is 0 Å². The van der Waals surface area contributed by atoms with E-state index in [2.05, 4.69) is 17.9 Å². The molecule has 5 nitrogen and oxygen atoms in total. The molecule has 3 amide bonds. The van der Waals surface area contributed by atoms with E-state index in [1.165, 1.54) is 4.90 Å². The summed E-state index contributed by atoms with van der Waals surface area (Å²) in [6, 6.07) is 0. The Morgan fingerprint density at radius 3 is 2.14 bits per heavy atom. The van der Waals surface area contributed by atoms with Crippen LogP contribution in [0.2, 0.25) is 0 Å². The van der Waals surface area contributed by atoms with Gasteiger partial charge in [0.15, 0.2) is 0 Å². The first-order valence-electron chi connectivity index (χ1n) is 7.75. The predicted octanol–water partition coefficient (Wildman–Crippen LogP) is 2.26. The number of hydrogen-bond acceptors (Lipinski definition) is 4.